The number of hydrogen-bond acceptors (Lipinski definition) is 7. The fraction of sp³-hybridized carbons (Fsp3) is 0.520. The number of nitrogens with zero attached hydrogens (tertiary/aromatic N) is 4. The van der Waals surface area contributed by atoms with Gasteiger partial charge in [-0.05, 0) is 63.2 Å². The van der Waals surface area contributed by atoms with Crippen LogP contribution in [0.2, 0.25) is 0 Å². The summed E-state index contributed by atoms with van der Waals surface area (Å²) in [4.78, 5) is 36.7. The van der Waals surface area contributed by atoms with E-state index in [2.05, 4.69) is 37.1 Å². The van der Waals surface area contributed by atoms with Gasteiger partial charge >= 0.3 is 0 Å². The molecule has 1 unspecified atom stereocenters. The largest absolute Gasteiger partial charge is 0.315 e. The molecule has 1 amide bonds. The van der Waals surface area contributed by atoms with Gasteiger partial charge in [0.1, 0.15) is 28.3 Å². The van der Waals surface area contributed by atoms with E-state index in [4.69, 9.17) is 4.98 Å². The second-order valence-electron chi connectivity index (χ2n) is 9.06. The van der Waals surface area contributed by atoms with Crippen LogP contribution in [0.25, 0.3) is 10.2 Å². The molecular formula is C25H31N5O2S2. The smallest absolute Gasteiger partial charge is 0.263 e. The molecule has 0 spiro atoms. The van der Waals surface area contributed by atoms with Crippen LogP contribution in [0.1, 0.15) is 59.5 Å². The zero-order valence-corrected chi connectivity index (χ0v) is 22.1. The van der Waals surface area contributed by atoms with Crippen molar-refractivity contribution in [3.63, 3.8) is 0 Å². The van der Waals surface area contributed by atoms with Crippen molar-refractivity contribution in [2.45, 2.75) is 67.0 Å². The van der Waals surface area contributed by atoms with Gasteiger partial charge in [-0.2, -0.15) is 5.26 Å². The van der Waals surface area contributed by atoms with Crippen molar-refractivity contribution in [3.8, 4) is 6.07 Å². The first-order valence-corrected chi connectivity index (χ1v) is 13.5. The average Bonchev–Trinajstić information content (AvgIpc) is 3.29. The number of aromatic nitrogens is 2. The maximum Gasteiger partial charge on any atom is 0.263 e. The minimum absolute atomic E-state index is 0.128. The van der Waals surface area contributed by atoms with Crippen LogP contribution in [0.5, 0.6) is 0 Å². The quantitative estimate of drug-likeness (QED) is 0.515. The van der Waals surface area contributed by atoms with Crippen LogP contribution in [0.4, 0.5) is 5.00 Å². The lowest BCUT2D eigenvalue weighted by Crippen LogP contribution is -2.34. The first-order chi connectivity index (χ1) is 16.3. The zero-order valence-electron chi connectivity index (χ0n) is 20.4. The van der Waals surface area contributed by atoms with Crippen LogP contribution < -0.4 is 10.9 Å². The van der Waals surface area contributed by atoms with Crippen molar-refractivity contribution in [1.82, 2.24) is 14.5 Å². The number of amides is 1. The van der Waals surface area contributed by atoms with Crippen LogP contribution >= 0.6 is 22.7 Å². The Morgan fingerprint density at radius 2 is 2.03 bits per heavy atom. The highest BCUT2D eigenvalue weighted by atomic mass is 32.1. The molecule has 7 nitrogen and oxygen atoms in total. The van der Waals surface area contributed by atoms with Crippen LogP contribution in [0.3, 0.4) is 0 Å². The molecule has 9 heteroatoms. The van der Waals surface area contributed by atoms with Crippen LogP contribution in [0.15, 0.2) is 4.79 Å². The van der Waals surface area contributed by atoms with Crippen molar-refractivity contribution in [1.29, 1.82) is 5.26 Å². The Balaban J connectivity index is 1.69. The van der Waals surface area contributed by atoms with Crippen molar-refractivity contribution < 1.29 is 4.79 Å². The van der Waals surface area contributed by atoms with E-state index in [-0.39, 0.29) is 18.0 Å². The normalized spacial score (nSPS) is 15.5. The molecular weight excluding hydrogens is 466 g/mol. The van der Waals surface area contributed by atoms with E-state index < -0.39 is 0 Å². The van der Waals surface area contributed by atoms with Gasteiger partial charge in [0.25, 0.3) is 5.56 Å². The summed E-state index contributed by atoms with van der Waals surface area (Å²) in [5, 5.41) is 13.9. The van der Waals surface area contributed by atoms with Gasteiger partial charge in [-0.1, -0.05) is 20.8 Å². The molecule has 1 aliphatic carbocycles. The minimum atomic E-state index is -0.309. The zero-order chi connectivity index (χ0) is 24.6. The third-order valence-electron chi connectivity index (χ3n) is 6.81. The Hall–Kier alpha value is -2.54. The van der Waals surface area contributed by atoms with E-state index in [1.165, 1.54) is 32.1 Å². The monoisotopic (exact) mass is 497 g/mol. The minimum Gasteiger partial charge on any atom is -0.315 e. The van der Waals surface area contributed by atoms with Gasteiger partial charge in [-0.3, -0.25) is 19.1 Å². The van der Waals surface area contributed by atoms with Gasteiger partial charge in [0.05, 0.1) is 17.5 Å². The van der Waals surface area contributed by atoms with Gasteiger partial charge in [0.2, 0.25) is 5.91 Å². The molecule has 0 saturated heterocycles. The number of thiophene rings is 2. The number of hydrogen-bond donors (Lipinski definition) is 1. The molecule has 34 heavy (non-hydrogen) atoms. The van der Waals surface area contributed by atoms with Crippen LogP contribution in [0, 0.1) is 31.1 Å². The molecule has 0 bridgehead atoms. The highest BCUT2D eigenvalue weighted by Crippen LogP contribution is 2.39. The van der Waals surface area contributed by atoms with Crippen molar-refractivity contribution >= 4 is 43.8 Å². The summed E-state index contributed by atoms with van der Waals surface area (Å²) in [5.74, 6) is 0.867. The average molecular weight is 498 g/mol. The summed E-state index contributed by atoms with van der Waals surface area (Å²) in [5.41, 5.74) is 2.40. The number of aryl methyl sites for hydroxylation is 2. The lowest BCUT2D eigenvalue weighted by molar-refractivity contribution is -0.116. The summed E-state index contributed by atoms with van der Waals surface area (Å²) in [6, 6.07) is 2.30. The first-order valence-electron chi connectivity index (χ1n) is 11.8. The summed E-state index contributed by atoms with van der Waals surface area (Å²) >= 11 is 3.02. The number of carbonyl (C=O) groups is 1. The van der Waals surface area contributed by atoms with Gasteiger partial charge in [0.15, 0.2) is 0 Å². The van der Waals surface area contributed by atoms with Gasteiger partial charge in [-0.25, -0.2) is 4.98 Å². The molecule has 3 heterocycles. The number of nitriles is 1. The van der Waals surface area contributed by atoms with Gasteiger partial charge in [-0.15, -0.1) is 22.7 Å². The van der Waals surface area contributed by atoms with Crippen LogP contribution in [-0.2, 0) is 30.7 Å². The lowest BCUT2D eigenvalue weighted by atomic mass is 9.89. The molecule has 0 aliphatic heterocycles. The van der Waals surface area contributed by atoms with E-state index in [0.717, 1.165) is 53.2 Å². The van der Waals surface area contributed by atoms with E-state index in [9.17, 15) is 14.9 Å². The van der Waals surface area contributed by atoms with Gasteiger partial charge in [0, 0.05) is 9.75 Å². The number of nitrogens with one attached hydrogen (secondary N) is 1. The molecule has 0 saturated carbocycles. The standard InChI is InChI=1S/C25H31N5O2S2/c1-6-29(7-2)12-20-27-24-22(15(4)16(5)33-24)25(32)30(20)13-21(31)28-23-18(11-26)17-9-8-14(3)10-19(17)34-23/h14H,6-10,12-13H2,1-5H3,(H,28,31). The van der Waals surface area contributed by atoms with Crippen molar-refractivity contribution in [3.05, 3.63) is 42.6 Å². The number of rotatable bonds is 7. The summed E-state index contributed by atoms with van der Waals surface area (Å²) in [6.45, 7) is 12.3. The number of carbonyl (C=O) groups excluding carboxylic acids is 1. The van der Waals surface area contributed by atoms with Crippen molar-refractivity contribution in [2.24, 2.45) is 5.92 Å². The fourth-order valence-corrected chi connectivity index (χ4v) is 6.98. The molecule has 3 aromatic rings. The molecule has 0 aromatic carbocycles. The Morgan fingerprint density at radius 1 is 1.29 bits per heavy atom. The summed E-state index contributed by atoms with van der Waals surface area (Å²) < 4.78 is 1.51. The Kier molecular flexibility index (Phi) is 7.22. The van der Waals surface area contributed by atoms with Crippen LogP contribution in [-0.4, -0.2) is 33.4 Å². The molecule has 180 valence electrons. The molecule has 4 rings (SSSR count). The molecule has 0 fully saturated rings. The first kappa shape index (κ1) is 24.6. The third-order valence-corrected chi connectivity index (χ3v) is 9.08. The predicted molar refractivity (Wildman–Crippen MR) is 139 cm³/mol. The highest BCUT2D eigenvalue weighted by molar-refractivity contribution is 7.18. The van der Waals surface area contributed by atoms with E-state index in [1.54, 1.807) is 0 Å². The third kappa shape index (κ3) is 4.54. The molecule has 3 aromatic heterocycles. The number of fused-ring (bicyclic) bond motifs is 2. The maximum absolute atomic E-state index is 13.5. The van der Waals surface area contributed by atoms with E-state index in [0.29, 0.717) is 34.2 Å². The SMILES string of the molecule is CCN(CC)Cc1nc2sc(C)c(C)c2c(=O)n1CC(=O)Nc1sc2c(c1C#N)CCC(C)C2. The topological polar surface area (TPSA) is 91.0 Å². The summed E-state index contributed by atoms with van der Waals surface area (Å²) in [6.07, 6.45) is 2.87. The molecule has 1 atom stereocenters. The van der Waals surface area contributed by atoms with E-state index in [1.807, 2.05) is 13.8 Å². The Labute approximate surface area is 208 Å². The second-order valence-corrected chi connectivity index (χ2v) is 11.4. The van der Waals surface area contributed by atoms with E-state index >= 15 is 0 Å². The molecule has 0 radical (unpaired) electrons. The summed E-state index contributed by atoms with van der Waals surface area (Å²) in [7, 11) is 0. The molecule has 1 aliphatic rings. The lowest BCUT2D eigenvalue weighted by Gasteiger charge is -2.20. The Bertz CT molecular complexity index is 1340. The molecule has 1 N–H and O–H groups in total. The predicted octanol–water partition coefficient (Wildman–Crippen LogP) is 4.61. The maximum atomic E-state index is 13.5. The number of anilines is 1. The van der Waals surface area contributed by atoms with Crippen molar-refractivity contribution in [2.75, 3.05) is 18.4 Å². The second kappa shape index (κ2) is 9.98. The van der Waals surface area contributed by atoms with Gasteiger partial charge < -0.3 is 5.32 Å². The Morgan fingerprint density at radius 3 is 2.71 bits per heavy atom. The fourth-order valence-electron chi connectivity index (χ4n) is 4.57. The highest BCUT2D eigenvalue weighted by Gasteiger charge is 2.25.